The molecule has 2 aliphatic carbocycles. The first-order chi connectivity index (χ1) is 14.4. The highest BCUT2D eigenvalue weighted by atomic mass is 16.7. The van der Waals surface area contributed by atoms with Gasteiger partial charge in [0, 0.05) is 6.42 Å². The summed E-state index contributed by atoms with van der Waals surface area (Å²) < 4.78 is 13.0. The molecule has 0 saturated heterocycles. The van der Waals surface area contributed by atoms with Gasteiger partial charge < -0.3 is 9.47 Å². The van der Waals surface area contributed by atoms with E-state index in [2.05, 4.69) is 52.0 Å². The van der Waals surface area contributed by atoms with Gasteiger partial charge in [-0.15, -0.1) is 0 Å². The number of hydrogen-bond donors (Lipinski definition) is 0. The zero-order valence-electron chi connectivity index (χ0n) is 20.1. The van der Waals surface area contributed by atoms with Gasteiger partial charge in [0.15, 0.2) is 6.29 Å². The number of benzene rings is 1. The van der Waals surface area contributed by atoms with Crippen molar-refractivity contribution >= 4 is 0 Å². The van der Waals surface area contributed by atoms with Crippen molar-refractivity contribution in [3.63, 3.8) is 0 Å². The Balaban J connectivity index is 1.63. The minimum atomic E-state index is -0.0846. The SMILES string of the molecule is CCC(CC(C)(C)C)c1ccc(OC(CC2CCCCC2)OC2CCCCC2)cc1. The van der Waals surface area contributed by atoms with Crippen molar-refractivity contribution in [2.45, 2.75) is 129 Å². The molecule has 0 N–H and O–H groups in total. The number of rotatable bonds is 9. The summed E-state index contributed by atoms with van der Waals surface area (Å²) in [6, 6.07) is 8.93. The Bertz CT molecular complexity index is 568. The molecular weight excluding hydrogens is 368 g/mol. The van der Waals surface area contributed by atoms with Crippen LogP contribution in [0, 0.1) is 11.3 Å². The summed E-state index contributed by atoms with van der Waals surface area (Å²) in [4.78, 5) is 0. The molecule has 2 fully saturated rings. The second kappa shape index (κ2) is 11.6. The third-order valence-electron chi connectivity index (χ3n) is 7.12. The third kappa shape index (κ3) is 7.91. The maximum Gasteiger partial charge on any atom is 0.200 e. The van der Waals surface area contributed by atoms with Gasteiger partial charge in [0.25, 0.3) is 0 Å². The van der Waals surface area contributed by atoms with Crippen LogP contribution in [0.5, 0.6) is 5.75 Å². The highest BCUT2D eigenvalue weighted by molar-refractivity contribution is 5.29. The van der Waals surface area contributed by atoms with Crippen LogP contribution in [0.25, 0.3) is 0 Å². The lowest BCUT2D eigenvalue weighted by Crippen LogP contribution is -2.31. The van der Waals surface area contributed by atoms with Gasteiger partial charge in [-0.05, 0) is 60.6 Å². The maximum absolute atomic E-state index is 6.54. The fourth-order valence-corrected chi connectivity index (χ4v) is 5.45. The van der Waals surface area contributed by atoms with E-state index in [-0.39, 0.29) is 6.29 Å². The minimum absolute atomic E-state index is 0.0846. The lowest BCUT2D eigenvalue weighted by molar-refractivity contribution is -0.138. The first-order valence-electron chi connectivity index (χ1n) is 12.8. The highest BCUT2D eigenvalue weighted by Gasteiger charge is 2.25. The minimum Gasteiger partial charge on any atom is -0.465 e. The van der Waals surface area contributed by atoms with E-state index in [0.717, 1.165) is 18.1 Å². The second-order valence-corrected chi connectivity index (χ2v) is 11.1. The Labute approximate surface area is 186 Å². The molecule has 0 aromatic heterocycles. The monoisotopic (exact) mass is 414 g/mol. The average molecular weight is 415 g/mol. The van der Waals surface area contributed by atoms with Crippen LogP contribution in [-0.2, 0) is 4.74 Å². The zero-order chi connectivity index (χ0) is 21.4. The Morgan fingerprint density at radius 2 is 1.47 bits per heavy atom. The molecule has 2 heteroatoms. The summed E-state index contributed by atoms with van der Waals surface area (Å²) in [6.45, 7) is 9.32. The van der Waals surface area contributed by atoms with Crippen LogP contribution in [0.1, 0.15) is 123 Å². The Morgan fingerprint density at radius 3 is 2.03 bits per heavy atom. The summed E-state index contributed by atoms with van der Waals surface area (Å²) in [6.07, 6.45) is 17.0. The predicted molar refractivity (Wildman–Crippen MR) is 127 cm³/mol. The smallest absolute Gasteiger partial charge is 0.200 e. The quantitative estimate of drug-likeness (QED) is 0.376. The topological polar surface area (TPSA) is 18.5 Å². The van der Waals surface area contributed by atoms with Crippen molar-refractivity contribution in [3.8, 4) is 5.75 Å². The van der Waals surface area contributed by atoms with Crippen molar-refractivity contribution in [1.82, 2.24) is 0 Å². The summed E-state index contributed by atoms with van der Waals surface area (Å²) in [5.41, 5.74) is 1.80. The second-order valence-electron chi connectivity index (χ2n) is 11.1. The molecule has 3 rings (SSSR count). The van der Waals surface area contributed by atoms with Gasteiger partial charge in [-0.1, -0.05) is 91.2 Å². The highest BCUT2D eigenvalue weighted by Crippen LogP contribution is 2.35. The predicted octanol–water partition coefficient (Wildman–Crippen LogP) is 8.64. The summed E-state index contributed by atoms with van der Waals surface area (Å²) in [7, 11) is 0. The van der Waals surface area contributed by atoms with E-state index in [9.17, 15) is 0 Å². The molecule has 1 aromatic carbocycles. The van der Waals surface area contributed by atoms with Crippen LogP contribution in [0.3, 0.4) is 0 Å². The fraction of sp³-hybridized carbons (Fsp3) is 0.786. The van der Waals surface area contributed by atoms with E-state index < -0.39 is 0 Å². The molecule has 0 heterocycles. The normalized spacial score (nSPS) is 21.3. The molecule has 30 heavy (non-hydrogen) atoms. The van der Waals surface area contributed by atoms with Crippen molar-refractivity contribution < 1.29 is 9.47 Å². The van der Waals surface area contributed by atoms with E-state index in [4.69, 9.17) is 9.47 Å². The number of ether oxygens (including phenoxy) is 2. The van der Waals surface area contributed by atoms with E-state index >= 15 is 0 Å². The molecule has 2 atom stereocenters. The molecule has 170 valence electrons. The first kappa shape index (κ1) is 23.6. The molecule has 2 unspecified atom stereocenters. The first-order valence-corrected chi connectivity index (χ1v) is 12.8. The van der Waals surface area contributed by atoms with Crippen molar-refractivity contribution in [2.75, 3.05) is 0 Å². The van der Waals surface area contributed by atoms with Gasteiger partial charge in [0.05, 0.1) is 6.10 Å². The molecule has 0 aliphatic heterocycles. The summed E-state index contributed by atoms with van der Waals surface area (Å²) in [5, 5.41) is 0. The van der Waals surface area contributed by atoms with Crippen molar-refractivity contribution in [3.05, 3.63) is 29.8 Å². The van der Waals surface area contributed by atoms with Crippen molar-refractivity contribution in [1.29, 1.82) is 0 Å². The van der Waals surface area contributed by atoms with Gasteiger partial charge in [-0.25, -0.2) is 0 Å². The Hall–Kier alpha value is -1.02. The van der Waals surface area contributed by atoms with E-state index in [1.54, 1.807) is 0 Å². The number of hydrogen-bond acceptors (Lipinski definition) is 2. The molecule has 0 radical (unpaired) electrons. The summed E-state index contributed by atoms with van der Waals surface area (Å²) in [5.74, 6) is 2.36. The molecule has 2 saturated carbocycles. The zero-order valence-corrected chi connectivity index (χ0v) is 20.1. The Morgan fingerprint density at radius 1 is 0.867 bits per heavy atom. The van der Waals surface area contributed by atoms with E-state index in [0.29, 0.717) is 17.4 Å². The van der Waals surface area contributed by atoms with E-state index in [1.807, 2.05) is 0 Å². The molecule has 0 bridgehead atoms. The fourth-order valence-electron chi connectivity index (χ4n) is 5.45. The van der Waals surface area contributed by atoms with Crippen LogP contribution in [0.15, 0.2) is 24.3 Å². The third-order valence-corrected chi connectivity index (χ3v) is 7.12. The van der Waals surface area contributed by atoms with Crippen LogP contribution < -0.4 is 4.74 Å². The van der Waals surface area contributed by atoms with Crippen LogP contribution in [0.4, 0.5) is 0 Å². The molecule has 1 aromatic rings. The lowest BCUT2D eigenvalue weighted by atomic mass is 9.80. The molecule has 0 spiro atoms. The van der Waals surface area contributed by atoms with Crippen LogP contribution in [-0.4, -0.2) is 12.4 Å². The van der Waals surface area contributed by atoms with Crippen molar-refractivity contribution in [2.24, 2.45) is 11.3 Å². The van der Waals surface area contributed by atoms with Gasteiger partial charge in [-0.2, -0.15) is 0 Å². The molecule has 2 aliphatic rings. The van der Waals surface area contributed by atoms with Gasteiger partial charge in [0.2, 0.25) is 0 Å². The van der Waals surface area contributed by atoms with Crippen LogP contribution in [0.2, 0.25) is 0 Å². The maximum atomic E-state index is 6.54. The Kier molecular flexibility index (Phi) is 9.11. The molecular formula is C28H46O2. The van der Waals surface area contributed by atoms with Gasteiger partial charge in [0.1, 0.15) is 5.75 Å². The standard InChI is InChI=1S/C28H46O2/c1-5-23(21-28(2,3)4)24-16-18-26(19-17-24)30-27(20-22-12-8-6-9-13-22)29-25-14-10-7-11-15-25/h16-19,22-23,25,27H,5-15,20-21H2,1-4H3. The largest absolute Gasteiger partial charge is 0.465 e. The lowest BCUT2D eigenvalue weighted by Gasteiger charge is -2.31. The van der Waals surface area contributed by atoms with Gasteiger partial charge >= 0.3 is 0 Å². The molecule has 0 amide bonds. The molecule has 2 nitrogen and oxygen atoms in total. The summed E-state index contributed by atoms with van der Waals surface area (Å²) >= 11 is 0. The van der Waals surface area contributed by atoms with E-state index in [1.165, 1.54) is 82.6 Å². The average Bonchev–Trinajstić information content (AvgIpc) is 2.73. The van der Waals surface area contributed by atoms with Gasteiger partial charge in [-0.3, -0.25) is 0 Å². The van der Waals surface area contributed by atoms with Crippen LogP contribution >= 0.6 is 0 Å².